The van der Waals surface area contributed by atoms with Gasteiger partial charge in [0, 0.05) is 23.5 Å². The van der Waals surface area contributed by atoms with E-state index >= 15 is 0 Å². The molecule has 1 aromatic rings. The Morgan fingerprint density at radius 3 is 2.50 bits per heavy atom. The first-order valence-electron chi connectivity index (χ1n) is 7.69. The van der Waals surface area contributed by atoms with Crippen LogP contribution in [-0.4, -0.2) is 28.8 Å². The van der Waals surface area contributed by atoms with Gasteiger partial charge in [-0.25, -0.2) is 0 Å². The van der Waals surface area contributed by atoms with Gasteiger partial charge in [-0.05, 0) is 44.9 Å². The smallest absolute Gasteiger partial charge is 0.242 e. The first kappa shape index (κ1) is 18.7. The molecule has 5 heteroatoms. The molecule has 0 aromatic heterocycles. The van der Waals surface area contributed by atoms with Gasteiger partial charge in [0.2, 0.25) is 11.8 Å². The number of benzene rings is 1. The van der Waals surface area contributed by atoms with Crippen LogP contribution in [0.4, 0.5) is 0 Å². The van der Waals surface area contributed by atoms with Gasteiger partial charge >= 0.3 is 0 Å². The fourth-order valence-electron chi connectivity index (χ4n) is 2.18. The molecule has 0 heterocycles. The van der Waals surface area contributed by atoms with E-state index in [9.17, 15) is 9.59 Å². The highest BCUT2D eigenvalue weighted by Gasteiger charge is 2.25. The Balaban J connectivity index is 2.92. The summed E-state index contributed by atoms with van der Waals surface area (Å²) in [6.45, 7) is 8.01. The number of hydrogen-bond donors (Lipinski definition) is 1. The monoisotopic (exact) mass is 368 g/mol. The summed E-state index contributed by atoms with van der Waals surface area (Å²) in [7, 11) is 0. The number of hydrogen-bond acceptors (Lipinski definition) is 2. The van der Waals surface area contributed by atoms with Crippen molar-refractivity contribution < 1.29 is 9.59 Å². The van der Waals surface area contributed by atoms with Gasteiger partial charge in [-0.15, -0.1) is 0 Å². The number of carbonyl (C=O) groups excluding carboxylic acids is 2. The topological polar surface area (TPSA) is 49.4 Å². The Hall–Kier alpha value is -1.36. The maximum atomic E-state index is 12.4. The number of nitrogens with one attached hydrogen (secondary N) is 1. The highest BCUT2D eigenvalue weighted by atomic mass is 79.9. The van der Waals surface area contributed by atoms with Crippen LogP contribution in [0.15, 0.2) is 28.7 Å². The third kappa shape index (κ3) is 5.79. The second kappa shape index (κ2) is 8.93. The van der Waals surface area contributed by atoms with Crippen molar-refractivity contribution in [2.75, 3.05) is 0 Å². The van der Waals surface area contributed by atoms with E-state index in [1.165, 1.54) is 0 Å². The predicted octanol–water partition coefficient (Wildman–Crippen LogP) is 3.49. The van der Waals surface area contributed by atoms with Gasteiger partial charge in [-0.2, -0.15) is 0 Å². The highest BCUT2D eigenvalue weighted by Crippen LogP contribution is 2.16. The Kier molecular flexibility index (Phi) is 7.59. The number of nitrogens with zero attached hydrogens (tertiary/aromatic N) is 1. The first-order valence-corrected chi connectivity index (χ1v) is 8.48. The maximum absolute atomic E-state index is 12.4. The van der Waals surface area contributed by atoms with Gasteiger partial charge in [0.25, 0.3) is 0 Å². The van der Waals surface area contributed by atoms with Crippen LogP contribution in [0.1, 0.15) is 46.1 Å². The van der Waals surface area contributed by atoms with Crippen molar-refractivity contribution in [1.82, 2.24) is 10.2 Å². The second-order valence-corrected chi connectivity index (χ2v) is 6.66. The quantitative estimate of drug-likeness (QED) is 0.800. The Morgan fingerprint density at radius 1 is 1.27 bits per heavy atom. The molecule has 1 aromatic carbocycles. The second-order valence-electron chi connectivity index (χ2n) is 5.74. The molecular weight excluding hydrogens is 344 g/mol. The number of amides is 2. The fourth-order valence-corrected chi connectivity index (χ4v) is 2.62. The van der Waals surface area contributed by atoms with Crippen LogP contribution in [0.3, 0.4) is 0 Å². The summed E-state index contributed by atoms with van der Waals surface area (Å²) >= 11 is 3.44. The van der Waals surface area contributed by atoms with Gasteiger partial charge in [-0.3, -0.25) is 9.59 Å². The van der Waals surface area contributed by atoms with Gasteiger partial charge in [0.15, 0.2) is 0 Å². The van der Waals surface area contributed by atoms with Crippen LogP contribution in [0.25, 0.3) is 0 Å². The zero-order valence-corrected chi connectivity index (χ0v) is 15.3. The van der Waals surface area contributed by atoms with Gasteiger partial charge < -0.3 is 10.2 Å². The summed E-state index contributed by atoms with van der Waals surface area (Å²) in [4.78, 5) is 26.3. The number of rotatable bonds is 7. The summed E-state index contributed by atoms with van der Waals surface area (Å²) in [5.74, 6) is -0.108. The summed E-state index contributed by atoms with van der Waals surface area (Å²) < 4.78 is 0.965. The van der Waals surface area contributed by atoms with E-state index in [-0.39, 0.29) is 17.9 Å². The minimum absolute atomic E-state index is 0.00822. The highest BCUT2D eigenvalue weighted by molar-refractivity contribution is 9.10. The van der Waals surface area contributed by atoms with Crippen molar-refractivity contribution in [3.63, 3.8) is 0 Å². The molecule has 0 aliphatic heterocycles. The molecular formula is C17H25BrN2O2. The molecule has 0 fully saturated rings. The average molecular weight is 369 g/mol. The van der Waals surface area contributed by atoms with E-state index in [0.717, 1.165) is 16.5 Å². The average Bonchev–Trinajstić information content (AvgIpc) is 2.43. The number of halogens is 1. The van der Waals surface area contributed by atoms with Gasteiger partial charge in [0.1, 0.15) is 6.04 Å². The van der Waals surface area contributed by atoms with Crippen LogP contribution in [-0.2, 0) is 16.1 Å². The van der Waals surface area contributed by atoms with Crippen LogP contribution >= 0.6 is 15.9 Å². The molecule has 122 valence electrons. The third-order valence-electron chi connectivity index (χ3n) is 3.30. The standard InChI is InChI=1S/C17H25BrN2O2/c1-5-7-16(21)20(13(4)17(22)19-12(2)3)11-14-8-6-9-15(18)10-14/h6,8-10,12-13H,5,7,11H2,1-4H3,(H,19,22)/t13-/m0/s1. The van der Waals surface area contributed by atoms with Crippen LogP contribution in [0.5, 0.6) is 0 Å². The van der Waals surface area contributed by atoms with Crippen molar-refractivity contribution in [2.45, 2.75) is 59.2 Å². The van der Waals surface area contributed by atoms with Crippen molar-refractivity contribution in [2.24, 2.45) is 0 Å². The van der Waals surface area contributed by atoms with Gasteiger partial charge in [0.05, 0.1) is 0 Å². The third-order valence-corrected chi connectivity index (χ3v) is 3.80. The summed E-state index contributed by atoms with van der Waals surface area (Å²) in [6.07, 6.45) is 1.22. The maximum Gasteiger partial charge on any atom is 0.242 e. The normalized spacial score (nSPS) is 12.1. The minimum Gasteiger partial charge on any atom is -0.352 e. The first-order chi connectivity index (χ1) is 10.3. The van der Waals surface area contributed by atoms with Crippen molar-refractivity contribution in [1.29, 1.82) is 0 Å². The molecule has 0 saturated heterocycles. The molecule has 1 N–H and O–H groups in total. The molecule has 0 unspecified atom stereocenters. The molecule has 0 radical (unpaired) electrons. The van der Waals surface area contributed by atoms with E-state index in [1.807, 2.05) is 45.0 Å². The van der Waals surface area contributed by atoms with E-state index in [4.69, 9.17) is 0 Å². The molecule has 1 rings (SSSR count). The summed E-state index contributed by atoms with van der Waals surface area (Å²) in [5, 5.41) is 2.88. The number of carbonyl (C=O) groups is 2. The summed E-state index contributed by atoms with van der Waals surface area (Å²) in [5.41, 5.74) is 1.00. The van der Waals surface area contributed by atoms with Crippen LogP contribution < -0.4 is 5.32 Å². The molecule has 0 bridgehead atoms. The lowest BCUT2D eigenvalue weighted by Gasteiger charge is -2.29. The lowest BCUT2D eigenvalue weighted by atomic mass is 10.1. The molecule has 22 heavy (non-hydrogen) atoms. The molecule has 2 amide bonds. The lowest BCUT2D eigenvalue weighted by molar-refractivity contribution is -0.140. The van der Waals surface area contributed by atoms with Crippen molar-refractivity contribution >= 4 is 27.7 Å². The zero-order chi connectivity index (χ0) is 16.7. The zero-order valence-electron chi connectivity index (χ0n) is 13.7. The molecule has 0 aliphatic carbocycles. The largest absolute Gasteiger partial charge is 0.352 e. The van der Waals surface area contributed by atoms with E-state index in [0.29, 0.717) is 13.0 Å². The van der Waals surface area contributed by atoms with Crippen molar-refractivity contribution in [3.05, 3.63) is 34.3 Å². The molecule has 0 aliphatic rings. The van der Waals surface area contributed by atoms with E-state index in [2.05, 4.69) is 21.2 Å². The SMILES string of the molecule is CCCC(=O)N(Cc1cccc(Br)c1)[C@@H](C)C(=O)NC(C)C. The Labute approximate surface area is 141 Å². The minimum atomic E-state index is -0.486. The van der Waals surface area contributed by atoms with E-state index < -0.39 is 6.04 Å². The van der Waals surface area contributed by atoms with E-state index in [1.54, 1.807) is 11.8 Å². The fraction of sp³-hybridized carbons (Fsp3) is 0.529. The van der Waals surface area contributed by atoms with Crippen LogP contribution in [0, 0.1) is 0 Å². The molecule has 0 spiro atoms. The Morgan fingerprint density at radius 2 is 1.95 bits per heavy atom. The Bertz CT molecular complexity index is 517. The molecule has 4 nitrogen and oxygen atoms in total. The van der Waals surface area contributed by atoms with Gasteiger partial charge in [-0.1, -0.05) is 35.0 Å². The predicted molar refractivity (Wildman–Crippen MR) is 92.3 cm³/mol. The van der Waals surface area contributed by atoms with Crippen molar-refractivity contribution in [3.8, 4) is 0 Å². The lowest BCUT2D eigenvalue weighted by Crippen LogP contribution is -2.49. The summed E-state index contributed by atoms with van der Waals surface area (Å²) in [6, 6.07) is 7.38. The van der Waals surface area contributed by atoms with Crippen LogP contribution in [0.2, 0.25) is 0 Å². The molecule has 0 saturated carbocycles. The molecule has 1 atom stereocenters.